The molecule has 1 aliphatic rings. The summed E-state index contributed by atoms with van der Waals surface area (Å²) in [6.07, 6.45) is 0. The van der Waals surface area contributed by atoms with Gasteiger partial charge in [0.1, 0.15) is 16.5 Å². The van der Waals surface area contributed by atoms with Crippen molar-refractivity contribution in [1.29, 1.82) is 0 Å². The highest BCUT2D eigenvalue weighted by Crippen LogP contribution is 2.32. The molecule has 1 aliphatic heterocycles. The lowest BCUT2D eigenvalue weighted by Crippen LogP contribution is -2.37. The van der Waals surface area contributed by atoms with E-state index < -0.39 is 11.8 Å². The molecular weight excluding hydrogens is 463 g/mol. The summed E-state index contributed by atoms with van der Waals surface area (Å²) in [4.78, 5) is 31.1. The first kappa shape index (κ1) is 23.5. The largest absolute Gasteiger partial charge is 0.454 e. The molecule has 178 valence electrons. The van der Waals surface area contributed by atoms with Gasteiger partial charge < -0.3 is 29.7 Å². The number of benzene rings is 2. The van der Waals surface area contributed by atoms with Crippen molar-refractivity contribution in [3.05, 3.63) is 69.9 Å². The molecule has 9 nitrogen and oxygen atoms in total. The Morgan fingerprint density at radius 3 is 2.85 bits per heavy atom. The number of ether oxygens (including phenoxy) is 3. The summed E-state index contributed by atoms with van der Waals surface area (Å²) in [5, 5.41) is 7.58. The van der Waals surface area contributed by atoms with E-state index in [1.54, 1.807) is 23.6 Å². The van der Waals surface area contributed by atoms with E-state index in [1.165, 1.54) is 35.5 Å². The van der Waals surface area contributed by atoms with Crippen LogP contribution in [0.1, 0.15) is 21.1 Å². The number of thiazole rings is 1. The molecular formula is C23H23FN4O5S. The summed E-state index contributed by atoms with van der Waals surface area (Å²) in [6, 6.07) is 10.9. The van der Waals surface area contributed by atoms with E-state index >= 15 is 0 Å². The number of amides is 3. The van der Waals surface area contributed by atoms with Crippen LogP contribution in [0.25, 0.3) is 0 Å². The Hall–Kier alpha value is -3.70. The molecule has 2 aromatic carbocycles. The fraction of sp³-hybridized carbons (Fsp3) is 0.261. The third-order valence-electron chi connectivity index (χ3n) is 4.97. The van der Waals surface area contributed by atoms with Crippen molar-refractivity contribution < 1.29 is 28.2 Å². The Kier molecular flexibility index (Phi) is 7.55. The summed E-state index contributed by atoms with van der Waals surface area (Å²) >= 11 is 1.26. The van der Waals surface area contributed by atoms with Crippen LogP contribution in [0.5, 0.6) is 11.5 Å². The van der Waals surface area contributed by atoms with Crippen molar-refractivity contribution in [2.75, 3.05) is 32.4 Å². The molecule has 4 rings (SSSR count). The second-order valence-corrected chi connectivity index (χ2v) is 8.26. The Morgan fingerprint density at radius 1 is 1.21 bits per heavy atom. The lowest BCUT2D eigenvalue weighted by atomic mass is 10.2. The van der Waals surface area contributed by atoms with Gasteiger partial charge in [0.25, 0.3) is 5.91 Å². The number of hydrogen-bond acceptors (Lipinski definition) is 7. The SMILES string of the molecule is COCCN(Cc1nc(C(=O)NCc2ccc3c(c2)OCO3)cs1)C(=O)Nc1ccccc1F. The van der Waals surface area contributed by atoms with Crippen LogP contribution >= 0.6 is 11.3 Å². The molecule has 0 saturated carbocycles. The maximum absolute atomic E-state index is 13.9. The number of carbonyl (C=O) groups is 2. The first-order valence-electron chi connectivity index (χ1n) is 10.4. The average molecular weight is 487 g/mol. The van der Waals surface area contributed by atoms with Gasteiger partial charge in [0.2, 0.25) is 6.79 Å². The van der Waals surface area contributed by atoms with E-state index in [0.29, 0.717) is 29.7 Å². The minimum absolute atomic E-state index is 0.0811. The van der Waals surface area contributed by atoms with E-state index in [-0.39, 0.29) is 37.2 Å². The maximum atomic E-state index is 13.9. The molecule has 0 aliphatic carbocycles. The highest BCUT2D eigenvalue weighted by atomic mass is 32.1. The van der Waals surface area contributed by atoms with Gasteiger partial charge in [0, 0.05) is 25.6 Å². The molecule has 0 saturated heterocycles. The summed E-state index contributed by atoms with van der Waals surface area (Å²) in [7, 11) is 1.53. The number of halogens is 1. The second kappa shape index (κ2) is 10.9. The number of hydrogen-bond donors (Lipinski definition) is 2. The molecule has 34 heavy (non-hydrogen) atoms. The molecule has 2 N–H and O–H groups in total. The fourth-order valence-corrected chi connectivity index (χ4v) is 3.97. The molecule has 1 aromatic heterocycles. The lowest BCUT2D eigenvalue weighted by molar-refractivity contribution is 0.0946. The number of para-hydroxylation sites is 1. The van der Waals surface area contributed by atoms with Crippen LogP contribution in [0.15, 0.2) is 47.8 Å². The number of urea groups is 1. The van der Waals surface area contributed by atoms with Gasteiger partial charge in [-0.3, -0.25) is 4.79 Å². The molecule has 3 aromatic rings. The Bertz CT molecular complexity index is 1170. The fourth-order valence-electron chi connectivity index (χ4n) is 3.19. The van der Waals surface area contributed by atoms with Crippen LogP contribution in [0.4, 0.5) is 14.9 Å². The zero-order valence-electron chi connectivity index (χ0n) is 18.4. The number of nitrogens with one attached hydrogen (secondary N) is 2. The number of fused-ring (bicyclic) bond motifs is 1. The van der Waals surface area contributed by atoms with Crippen LogP contribution in [-0.4, -0.2) is 48.9 Å². The number of aromatic nitrogens is 1. The van der Waals surface area contributed by atoms with E-state index in [1.807, 2.05) is 12.1 Å². The van der Waals surface area contributed by atoms with Crippen molar-refractivity contribution in [3.8, 4) is 11.5 Å². The lowest BCUT2D eigenvalue weighted by Gasteiger charge is -2.22. The zero-order chi connectivity index (χ0) is 23.9. The van der Waals surface area contributed by atoms with E-state index in [9.17, 15) is 14.0 Å². The summed E-state index contributed by atoms with van der Waals surface area (Å²) < 4.78 is 29.6. The Labute approximate surface area is 199 Å². The normalized spacial score (nSPS) is 11.8. The summed E-state index contributed by atoms with van der Waals surface area (Å²) in [5.74, 6) is 0.460. The smallest absolute Gasteiger partial charge is 0.322 e. The first-order valence-corrected chi connectivity index (χ1v) is 11.3. The third kappa shape index (κ3) is 5.80. The van der Waals surface area contributed by atoms with Crippen LogP contribution in [0.3, 0.4) is 0 Å². The average Bonchev–Trinajstić information content (AvgIpc) is 3.51. The zero-order valence-corrected chi connectivity index (χ0v) is 19.2. The number of anilines is 1. The molecule has 11 heteroatoms. The highest BCUT2D eigenvalue weighted by Gasteiger charge is 2.19. The van der Waals surface area contributed by atoms with E-state index in [0.717, 1.165) is 5.56 Å². The van der Waals surface area contributed by atoms with Crippen molar-refractivity contribution in [2.45, 2.75) is 13.1 Å². The minimum Gasteiger partial charge on any atom is -0.454 e. The number of rotatable bonds is 9. The van der Waals surface area contributed by atoms with Crippen molar-refractivity contribution in [2.24, 2.45) is 0 Å². The van der Waals surface area contributed by atoms with Crippen molar-refractivity contribution in [1.82, 2.24) is 15.2 Å². The molecule has 0 unspecified atom stereocenters. The van der Waals surface area contributed by atoms with Crippen molar-refractivity contribution >= 4 is 29.0 Å². The van der Waals surface area contributed by atoms with Gasteiger partial charge in [-0.1, -0.05) is 18.2 Å². The predicted octanol–water partition coefficient (Wildman–Crippen LogP) is 3.62. The molecule has 0 fully saturated rings. The topological polar surface area (TPSA) is 102 Å². The third-order valence-corrected chi connectivity index (χ3v) is 5.80. The van der Waals surface area contributed by atoms with Crippen LogP contribution in [-0.2, 0) is 17.8 Å². The maximum Gasteiger partial charge on any atom is 0.322 e. The molecule has 3 amide bonds. The summed E-state index contributed by atoms with van der Waals surface area (Å²) in [6.45, 7) is 1.19. The number of nitrogens with zero attached hydrogens (tertiary/aromatic N) is 2. The van der Waals surface area contributed by atoms with E-state index in [2.05, 4.69) is 15.6 Å². The van der Waals surface area contributed by atoms with Gasteiger partial charge >= 0.3 is 6.03 Å². The van der Waals surface area contributed by atoms with Gasteiger partial charge in [0.05, 0.1) is 18.8 Å². The quantitative estimate of drug-likeness (QED) is 0.479. The van der Waals surface area contributed by atoms with Gasteiger partial charge in [-0.2, -0.15) is 0 Å². The second-order valence-electron chi connectivity index (χ2n) is 7.32. The molecule has 0 atom stereocenters. The monoisotopic (exact) mass is 486 g/mol. The Morgan fingerprint density at radius 2 is 2.03 bits per heavy atom. The van der Waals surface area contributed by atoms with Gasteiger partial charge in [-0.15, -0.1) is 11.3 Å². The highest BCUT2D eigenvalue weighted by molar-refractivity contribution is 7.09. The Balaban J connectivity index is 1.36. The van der Waals surface area contributed by atoms with Gasteiger partial charge in [0.15, 0.2) is 11.5 Å². The molecule has 2 heterocycles. The minimum atomic E-state index is -0.529. The molecule has 0 radical (unpaired) electrons. The van der Waals surface area contributed by atoms with Crippen LogP contribution < -0.4 is 20.1 Å². The molecule has 0 spiro atoms. The van der Waals surface area contributed by atoms with Gasteiger partial charge in [-0.05, 0) is 29.8 Å². The predicted molar refractivity (Wildman–Crippen MR) is 124 cm³/mol. The van der Waals surface area contributed by atoms with E-state index in [4.69, 9.17) is 14.2 Å². The number of methoxy groups -OCH3 is 1. The standard InChI is InChI=1S/C23H23FN4O5S/c1-31-9-8-28(23(30)27-17-5-3-2-4-16(17)24)12-21-26-18(13-34-21)22(29)25-11-15-6-7-19-20(10-15)33-14-32-19/h2-7,10,13H,8-9,11-12,14H2,1H3,(H,25,29)(H,27,30). The number of carbonyl (C=O) groups excluding carboxylic acids is 2. The van der Waals surface area contributed by atoms with Crippen LogP contribution in [0, 0.1) is 5.82 Å². The first-order chi connectivity index (χ1) is 16.5. The van der Waals surface area contributed by atoms with Crippen molar-refractivity contribution in [3.63, 3.8) is 0 Å². The molecule has 0 bridgehead atoms. The van der Waals surface area contributed by atoms with Gasteiger partial charge in [-0.25, -0.2) is 14.2 Å². The summed E-state index contributed by atoms with van der Waals surface area (Å²) in [5.41, 5.74) is 1.20. The van der Waals surface area contributed by atoms with Crippen LogP contribution in [0.2, 0.25) is 0 Å².